The van der Waals surface area contributed by atoms with Crippen LogP contribution < -0.4 is 14.4 Å². The van der Waals surface area contributed by atoms with Crippen LogP contribution >= 0.6 is 0 Å². The SMILES string of the molecule is CC[C@H](C(=O)Nc1ccc(OC(F)(F)F)cc1)N(c1cccc([N+](=O)[O-])c1)S(C)(=O)=O. The number of nitro groups is 1. The van der Waals surface area contributed by atoms with Crippen molar-refractivity contribution in [3.63, 3.8) is 0 Å². The smallest absolute Gasteiger partial charge is 0.406 e. The number of hydrogen-bond acceptors (Lipinski definition) is 6. The van der Waals surface area contributed by atoms with Crippen LogP contribution in [0, 0.1) is 10.1 Å². The van der Waals surface area contributed by atoms with E-state index < -0.39 is 39.0 Å². The molecule has 1 amide bonds. The van der Waals surface area contributed by atoms with Gasteiger partial charge in [0.1, 0.15) is 11.8 Å². The number of sulfonamides is 1. The Labute approximate surface area is 175 Å². The van der Waals surface area contributed by atoms with Crippen LogP contribution in [0.1, 0.15) is 13.3 Å². The molecule has 0 heterocycles. The molecule has 2 rings (SSSR count). The maximum atomic E-state index is 12.8. The zero-order chi connectivity index (χ0) is 23.4. The van der Waals surface area contributed by atoms with Gasteiger partial charge in [-0.05, 0) is 36.8 Å². The fourth-order valence-corrected chi connectivity index (χ4v) is 3.97. The molecule has 31 heavy (non-hydrogen) atoms. The Morgan fingerprint density at radius 1 is 1.23 bits per heavy atom. The number of carbonyl (C=O) groups is 1. The highest BCUT2D eigenvalue weighted by molar-refractivity contribution is 7.92. The molecule has 0 aliphatic carbocycles. The molecule has 0 radical (unpaired) electrons. The first kappa shape index (κ1) is 23.9. The number of anilines is 2. The minimum Gasteiger partial charge on any atom is -0.406 e. The largest absolute Gasteiger partial charge is 0.573 e. The molecule has 2 aromatic rings. The highest BCUT2D eigenvalue weighted by Crippen LogP contribution is 2.28. The van der Waals surface area contributed by atoms with Gasteiger partial charge in [-0.3, -0.25) is 19.2 Å². The van der Waals surface area contributed by atoms with Crippen molar-refractivity contribution >= 4 is 33.0 Å². The van der Waals surface area contributed by atoms with Crippen molar-refractivity contribution in [1.29, 1.82) is 0 Å². The van der Waals surface area contributed by atoms with Crippen molar-refractivity contribution in [2.75, 3.05) is 15.9 Å². The van der Waals surface area contributed by atoms with Crippen molar-refractivity contribution in [2.24, 2.45) is 0 Å². The van der Waals surface area contributed by atoms with Gasteiger partial charge in [-0.25, -0.2) is 8.42 Å². The predicted octanol–water partition coefficient (Wildman–Crippen LogP) is 3.68. The van der Waals surface area contributed by atoms with Gasteiger partial charge in [-0.15, -0.1) is 13.2 Å². The van der Waals surface area contributed by atoms with Crippen LogP contribution in [0.15, 0.2) is 48.5 Å². The molecule has 0 bridgehead atoms. The molecule has 0 unspecified atom stereocenters. The number of carbonyl (C=O) groups excluding carboxylic acids is 1. The van der Waals surface area contributed by atoms with E-state index in [1.165, 1.54) is 18.2 Å². The quantitative estimate of drug-likeness (QED) is 0.473. The standard InChI is InChI=1S/C18H18F3N3O6S/c1-3-16(17(25)22-12-7-9-15(10-8-12)30-18(19,20)21)23(31(2,28)29)13-5-4-6-14(11-13)24(26)27/h4-11,16H,3H2,1-2H3,(H,22,25)/t16-/m1/s1. The number of hydrogen-bond donors (Lipinski definition) is 1. The van der Waals surface area contributed by atoms with Crippen molar-refractivity contribution < 1.29 is 36.0 Å². The molecule has 0 spiro atoms. The maximum Gasteiger partial charge on any atom is 0.573 e. The summed E-state index contributed by atoms with van der Waals surface area (Å²) in [5, 5.41) is 13.5. The predicted molar refractivity (Wildman–Crippen MR) is 106 cm³/mol. The fourth-order valence-electron chi connectivity index (χ4n) is 2.77. The number of amides is 1. The lowest BCUT2D eigenvalue weighted by Gasteiger charge is -2.30. The summed E-state index contributed by atoms with van der Waals surface area (Å²) in [5.41, 5.74) is -0.334. The van der Waals surface area contributed by atoms with Gasteiger partial charge in [0.2, 0.25) is 15.9 Å². The number of non-ortho nitro benzene ring substituents is 1. The number of benzene rings is 2. The normalized spacial score (nSPS) is 12.7. The van der Waals surface area contributed by atoms with Crippen LogP contribution in [0.25, 0.3) is 0 Å². The molecule has 0 fully saturated rings. The van der Waals surface area contributed by atoms with E-state index in [-0.39, 0.29) is 23.5 Å². The third kappa shape index (κ3) is 6.57. The molecule has 13 heteroatoms. The zero-order valence-corrected chi connectivity index (χ0v) is 17.1. The van der Waals surface area contributed by atoms with E-state index in [9.17, 15) is 36.5 Å². The van der Waals surface area contributed by atoms with Crippen LogP contribution in [0.4, 0.5) is 30.2 Å². The van der Waals surface area contributed by atoms with E-state index in [0.29, 0.717) is 0 Å². The van der Waals surface area contributed by atoms with Crippen molar-refractivity contribution in [3.8, 4) is 5.75 Å². The second-order valence-corrected chi connectivity index (χ2v) is 8.18. The van der Waals surface area contributed by atoms with E-state index in [4.69, 9.17) is 0 Å². The Balaban J connectivity index is 2.31. The number of rotatable bonds is 8. The lowest BCUT2D eigenvalue weighted by Crippen LogP contribution is -2.47. The molecule has 0 aliphatic heterocycles. The third-order valence-electron chi connectivity index (χ3n) is 3.98. The van der Waals surface area contributed by atoms with E-state index >= 15 is 0 Å². The molecule has 0 saturated heterocycles. The van der Waals surface area contributed by atoms with Crippen LogP contribution in [0.2, 0.25) is 0 Å². The van der Waals surface area contributed by atoms with E-state index in [2.05, 4.69) is 10.1 Å². The van der Waals surface area contributed by atoms with E-state index in [1.54, 1.807) is 6.92 Å². The summed E-state index contributed by atoms with van der Waals surface area (Å²) >= 11 is 0. The first-order valence-electron chi connectivity index (χ1n) is 8.72. The maximum absolute atomic E-state index is 12.8. The van der Waals surface area contributed by atoms with Crippen molar-refractivity contribution in [1.82, 2.24) is 0 Å². The summed E-state index contributed by atoms with van der Waals surface area (Å²) in [6.07, 6.45) is -4.01. The highest BCUT2D eigenvalue weighted by Gasteiger charge is 2.33. The number of nitrogens with zero attached hydrogens (tertiary/aromatic N) is 2. The zero-order valence-electron chi connectivity index (χ0n) is 16.3. The topological polar surface area (TPSA) is 119 Å². The molecule has 168 valence electrons. The minimum absolute atomic E-state index is 0.0108. The first-order chi connectivity index (χ1) is 14.3. The van der Waals surface area contributed by atoms with Crippen molar-refractivity contribution in [2.45, 2.75) is 25.7 Å². The number of ether oxygens (including phenoxy) is 1. The van der Waals surface area contributed by atoms with Gasteiger partial charge >= 0.3 is 6.36 Å². The van der Waals surface area contributed by atoms with Gasteiger partial charge in [0, 0.05) is 17.8 Å². The molecular weight excluding hydrogens is 443 g/mol. The Morgan fingerprint density at radius 3 is 2.32 bits per heavy atom. The highest BCUT2D eigenvalue weighted by atomic mass is 32.2. The molecular formula is C18H18F3N3O6S. The third-order valence-corrected chi connectivity index (χ3v) is 5.16. The average molecular weight is 461 g/mol. The van der Waals surface area contributed by atoms with E-state index in [1.807, 2.05) is 0 Å². The minimum atomic E-state index is -4.87. The summed E-state index contributed by atoms with van der Waals surface area (Å²) in [7, 11) is -4.03. The van der Waals surface area contributed by atoms with E-state index in [0.717, 1.165) is 40.9 Å². The lowest BCUT2D eigenvalue weighted by atomic mass is 10.1. The van der Waals surface area contributed by atoms with Gasteiger partial charge < -0.3 is 10.1 Å². The second kappa shape index (κ2) is 9.20. The monoisotopic (exact) mass is 461 g/mol. The molecule has 0 aliphatic rings. The molecule has 0 aromatic heterocycles. The molecule has 1 N–H and O–H groups in total. The average Bonchev–Trinajstić information content (AvgIpc) is 2.65. The Bertz CT molecular complexity index is 1060. The fraction of sp³-hybridized carbons (Fsp3) is 0.278. The summed E-state index contributed by atoms with van der Waals surface area (Å²) in [6.45, 7) is 1.54. The summed E-state index contributed by atoms with van der Waals surface area (Å²) < 4.78 is 66.1. The van der Waals surface area contributed by atoms with Gasteiger partial charge in [0.25, 0.3) is 5.69 Å². The molecule has 2 aromatic carbocycles. The second-order valence-electron chi connectivity index (χ2n) is 6.32. The van der Waals surface area contributed by atoms with Gasteiger partial charge in [0.15, 0.2) is 0 Å². The summed E-state index contributed by atoms with van der Waals surface area (Å²) in [6, 6.07) is 7.81. The van der Waals surface area contributed by atoms with Crippen molar-refractivity contribution in [3.05, 3.63) is 58.6 Å². The molecule has 1 atom stereocenters. The molecule has 0 saturated carbocycles. The van der Waals surface area contributed by atoms with Crippen LogP contribution in [0.5, 0.6) is 5.75 Å². The Kier molecular flexibility index (Phi) is 7.10. The number of nitro benzene ring substituents is 1. The summed E-state index contributed by atoms with van der Waals surface area (Å²) in [4.78, 5) is 23.1. The van der Waals surface area contributed by atoms with Crippen LogP contribution in [-0.2, 0) is 14.8 Å². The van der Waals surface area contributed by atoms with Gasteiger partial charge in [-0.1, -0.05) is 13.0 Å². The molecule has 9 nitrogen and oxygen atoms in total. The van der Waals surface area contributed by atoms with Crippen LogP contribution in [-0.4, -0.2) is 37.9 Å². The summed E-state index contributed by atoms with van der Waals surface area (Å²) in [5.74, 6) is -1.27. The Morgan fingerprint density at radius 2 is 1.84 bits per heavy atom. The lowest BCUT2D eigenvalue weighted by molar-refractivity contribution is -0.384. The van der Waals surface area contributed by atoms with Crippen LogP contribution in [0.3, 0.4) is 0 Å². The number of nitrogens with one attached hydrogen (secondary N) is 1. The van der Waals surface area contributed by atoms with Gasteiger partial charge in [-0.2, -0.15) is 0 Å². The Hall–Kier alpha value is -3.35. The number of halogens is 3. The first-order valence-corrected chi connectivity index (χ1v) is 10.6. The number of alkyl halides is 3. The van der Waals surface area contributed by atoms with Gasteiger partial charge in [0.05, 0.1) is 16.9 Å².